The van der Waals surface area contributed by atoms with Gasteiger partial charge in [0.25, 0.3) is 0 Å². The minimum atomic E-state index is -0.572. The van der Waals surface area contributed by atoms with Gasteiger partial charge in [-0.15, -0.1) is 0 Å². The van der Waals surface area contributed by atoms with Gasteiger partial charge in [0.1, 0.15) is 28.9 Å². The standard InChI is InChI=1S/C41H46N6O4/c1-25-19-35(47(24-25)39(49)51-41(5,6)7)37-43-22-32(44-37)27-12-10-26(11-13-27)28-14-15-30-21-31(17-16-29(30)20-28)33-23-42-36(45-33)34-9-8-18-46(34)38(48)50-40(2,3)4/h10-17,19-23,34-35H,8-9,18,24H2,1-7H3,(H,42,45)(H,43,44). The predicted molar refractivity (Wildman–Crippen MR) is 199 cm³/mol. The molecule has 264 valence electrons. The maximum absolute atomic E-state index is 12.9. The maximum atomic E-state index is 12.9. The lowest BCUT2D eigenvalue weighted by atomic mass is 9.98. The molecule has 3 aromatic carbocycles. The molecule has 7 rings (SSSR count). The number of hydrogen-bond donors (Lipinski definition) is 2. The molecule has 51 heavy (non-hydrogen) atoms. The van der Waals surface area contributed by atoms with Crippen molar-refractivity contribution in [3.05, 3.63) is 96.4 Å². The van der Waals surface area contributed by atoms with Crippen molar-refractivity contribution in [2.24, 2.45) is 0 Å². The van der Waals surface area contributed by atoms with Gasteiger partial charge in [-0.05, 0) is 101 Å². The molecule has 2 aliphatic rings. The van der Waals surface area contributed by atoms with E-state index in [9.17, 15) is 9.59 Å². The van der Waals surface area contributed by atoms with E-state index in [4.69, 9.17) is 9.47 Å². The van der Waals surface area contributed by atoms with Crippen LogP contribution in [0.15, 0.2) is 84.7 Å². The van der Waals surface area contributed by atoms with E-state index in [2.05, 4.69) is 86.7 Å². The fraction of sp³-hybridized carbons (Fsp3) is 0.366. The van der Waals surface area contributed by atoms with Gasteiger partial charge < -0.3 is 19.4 Å². The van der Waals surface area contributed by atoms with Crippen LogP contribution < -0.4 is 0 Å². The van der Waals surface area contributed by atoms with E-state index in [1.165, 1.54) is 0 Å². The van der Waals surface area contributed by atoms with E-state index in [1.54, 1.807) is 9.80 Å². The number of ether oxygens (including phenoxy) is 2. The number of carbonyl (C=O) groups is 2. The second-order valence-electron chi connectivity index (χ2n) is 15.6. The van der Waals surface area contributed by atoms with Crippen LogP contribution in [0, 0.1) is 0 Å². The molecule has 2 N–H and O–H groups in total. The third-order valence-electron chi connectivity index (χ3n) is 9.17. The molecular weight excluding hydrogens is 640 g/mol. The summed E-state index contributed by atoms with van der Waals surface area (Å²) in [6.07, 6.45) is 6.85. The molecule has 2 atom stereocenters. The van der Waals surface area contributed by atoms with Crippen molar-refractivity contribution in [1.29, 1.82) is 0 Å². The number of aromatic amines is 2. The number of likely N-dealkylation sites (tertiary alicyclic amines) is 1. The van der Waals surface area contributed by atoms with E-state index in [1.807, 2.05) is 60.9 Å². The Balaban J connectivity index is 1.05. The molecule has 2 amide bonds. The third-order valence-corrected chi connectivity index (χ3v) is 9.17. The molecule has 1 fully saturated rings. The number of rotatable bonds is 5. The molecule has 2 unspecified atom stereocenters. The number of aromatic nitrogens is 4. The quantitative estimate of drug-likeness (QED) is 0.178. The highest BCUT2D eigenvalue weighted by Crippen LogP contribution is 2.35. The first kappa shape index (κ1) is 34.1. The van der Waals surface area contributed by atoms with Crippen molar-refractivity contribution in [1.82, 2.24) is 29.7 Å². The van der Waals surface area contributed by atoms with Crippen LogP contribution in [-0.4, -0.2) is 66.2 Å². The minimum Gasteiger partial charge on any atom is -0.444 e. The number of imidazole rings is 2. The van der Waals surface area contributed by atoms with Crippen molar-refractivity contribution < 1.29 is 19.1 Å². The number of amides is 2. The molecule has 0 saturated carbocycles. The third kappa shape index (κ3) is 7.41. The lowest BCUT2D eigenvalue weighted by Crippen LogP contribution is -2.37. The highest BCUT2D eigenvalue weighted by atomic mass is 16.6. The molecule has 2 aliphatic heterocycles. The zero-order valence-corrected chi connectivity index (χ0v) is 30.4. The predicted octanol–water partition coefficient (Wildman–Crippen LogP) is 9.60. The Morgan fingerprint density at radius 1 is 0.706 bits per heavy atom. The number of hydrogen-bond acceptors (Lipinski definition) is 6. The zero-order chi connectivity index (χ0) is 36.1. The molecule has 0 spiro atoms. The summed E-state index contributed by atoms with van der Waals surface area (Å²) >= 11 is 0. The molecule has 4 heterocycles. The van der Waals surface area contributed by atoms with Crippen LogP contribution in [0.4, 0.5) is 9.59 Å². The lowest BCUT2D eigenvalue weighted by Gasteiger charge is -2.27. The lowest BCUT2D eigenvalue weighted by molar-refractivity contribution is 0.0213. The van der Waals surface area contributed by atoms with Crippen molar-refractivity contribution in [3.8, 4) is 33.6 Å². The van der Waals surface area contributed by atoms with Crippen LogP contribution in [0.1, 0.15) is 85.0 Å². The Labute approximate surface area is 298 Å². The normalized spacial score (nSPS) is 18.0. The van der Waals surface area contributed by atoms with Gasteiger partial charge in [-0.25, -0.2) is 19.6 Å². The molecular formula is C41H46N6O4. The van der Waals surface area contributed by atoms with E-state index in [0.29, 0.717) is 18.9 Å². The fourth-order valence-corrected chi connectivity index (χ4v) is 6.82. The molecule has 2 aromatic heterocycles. The summed E-state index contributed by atoms with van der Waals surface area (Å²) in [5, 5.41) is 2.27. The van der Waals surface area contributed by atoms with E-state index < -0.39 is 11.2 Å². The monoisotopic (exact) mass is 686 g/mol. The average molecular weight is 687 g/mol. The van der Waals surface area contributed by atoms with E-state index >= 15 is 0 Å². The summed E-state index contributed by atoms with van der Waals surface area (Å²) < 4.78 is 11.3. The minimum absolute atomic E-state index is 0.124. The van der Waals surface area contributed by atoms with Gasteiger partial charge in [0.2, 0.25) is 0 Å². The van der Waals surface area contributed by atoms with Crippen molar-refractivity contribution in [3.63, 3.8) is 0 Å². The van der Waals surface area contributed by atoms with Crippen molar-refractivity contribution in [2.75, 3.05) is 13.1 Å². The van der Waals surface area contributed by atoms with Crippen LogP contribution in [-0.2, 0) is 9.47 Å². The largest absolute Gasteiger partial charge is 0.444 e. The number of carbonyl (C=O) groups excluding carboxylic acids is 2. The summed E-state index contributed by atoms with van der Waals surface area (Å²) in [6, 6.07) is 20.9. The van der Waals surface area contributed by atoms with Crippen molar-refractivity contribution in [2.45, 2.75) is 84.6 Å². The van der Waals surface area contributed by atoms with Crippen molar-refractivity contribution >= 4 is 23.0 Å². The Morgan fingerprint density at radius 2 is 1.24 bits per heavy atom. The van der Waals surface area contributed by atoms with E-state index in [0.717, 1.165) is 68.7 Å². The van der Waals surface area contributed by atoms with Crippen LogP contribution in [0.5, 0.6) is 0 Å². The summed E-state index contributed by atoms with van der Waals surface area (Å²) in [4.78, 5) is 45.5. The number of benzene rings is 3. The SMILES string of the molecule is CC1=CC(c2ncc(-c3ccc(-c4ccc5cc(-c6cnc(C7CCCN7C(=O)OC(C)(C)C)[nH]6)ccc5c4)cc3)[nH]2)N(C(=O)OC(C)(C)C)C1. The molecule has 1 saturated heterocycles. The number of nitrogens with zero attached hydrogens (tertiary/aromatic N) is 4. The van der Waals surface area contributed by atoms with Gasteiger partial charge in [0.05, 0.1) is 29.8 Å². The topological polar surface area (TPSA) is 116 Å². The first-order valence-corrected chi connectivity index (χ1v) is 17.6. The van der Waals surface area contributed by atoms with Crippen LogP contribution in [0.2, 0.25) is 0 Å². The molecule has 0 radical (unpaired) electrons. The van der Waals surface area contributed by atoms with Gasteiger partial charge in [0.15, 0.2) is 0 Å². The number of fused-ring (bicyclic) bond motifs is 1. The van der Waals surface area contributed by atoms with Gasteiger partial charge in [-0.2, -0.15) is 0 Å². The van der Waals surface area contributed by atoms with Gasteiger partial charge in [-0.3, -0.25) is 9.80 Å². The average Bonchev–Trinajstić information content (AvgIpc) is 3.89. The molecule has 0 bridgehead atoms. The fourth-order valence-electron chi connectivity index (χ4n) is 6.82. The Bertz CT molecular complexity index is 2110. The summed E-state index contributed by atoms with van der Waals surface area (Å²) in [7, 11) is 0. The Hall–Kier alpha value is -5.38. The first-order valence-electron chi connectivity index (χ1n) is 17.6. The highest BCUT2D eigenvalue weighted by molar-refractivity contribution is 5.90. The second-order valence-corrected chi connectivity index (χ2v) is 15.6. The van der Waals surface area contributed by atoms with Gasteiger partial charge >= 0.3 is 12.2 Å². The second kappa shape index (κ2) is 13.1. The summed E-state index contributed by atoms with van der Waals surface area (Å²) in [5.41, 5.74) is 6.07. The van der Waals surface area contributed by atoms with Gasteiger partial charge in [-0.1, -0.05) is 60.2 Å². The summed E-state index contributed by atoms with van der Waals surface area (Å²) in [5.74, 6) is 1.49. The molecule has 10 heteroatoms. The number of H-pyrrole nitrogens is 2. The molecule has 10 nitrogen and oxygen atoms in total. The zero-order valence-electron chi connectivity index (χ0n) is 30.4. The Morgan fingerprint density at radius 3 is 1.90 bits per heavy atom. The molecule has 0 aliphatic carbocycles. The van der Waals surface area contributed by atoms with Crippen LogP contribution in [0.25, 0.3) is 44.4 Å². The maximum Gasteiger partial charge on any atom is 0.411 e. The van der Waals surface area contributed by atoms with Crippen LogP contribution >= 0.6 is 0 Å². The van der Waals surface area contributed by atoms with E-state index in [-0.39, 0.29) is 24.3 Å². The summed E-state index contributed by atoms with van der Waals surface area (Å²) in [6.45, 7) is 14.5. The number of nitrogens with one attached hydrogen (secondary N) is 2. The molecule has 5 aromatic rings. The highest BCUT2D eigenvalue weighted by Gasteiger charge is 2.35. The smallest absolute Gasteiger partial charge is 0.411 e. The Kier molecular flexibility index (Phi) is 8.73. The van der Waals surface area contributed by atoms with Crippen LogP contribution in [0.3, 0.4) is 0 Å². The first-order chi connectivity index (χ1) is 24.2. The van der Waals surface area contributed by atoms with Gasteiger partial charge in [0, 0.05) is 18.7 Å².